The summed E-state index contributed by atoms with van der Waals surface area (Å²) in [6, 6.07) is 0. The van der Waals surface area contributed by atoms with Crippen molar-refractivity contribution in [1.29, 1.82) is 0 Å². The van der Waals surface area contributed by atoms with Gasteiger partial charge in [0.05, 0.1) is 12.9 Å². The average molecular weight is 474 g/mol. The van der Waals surface area contributed by atoms with Crippen LogP contribution in [0, 0.1) is 0 Å². The van der Waals surface area contributed by atoms with Crippen LogP contribution in [0.3, 0.4) is 0 Å². The zero-order chi connectivity index (χ0) is 16.7. The topological polar surface area (TPSA) is 67.1 Å². The van der Waals surface area contributed by atoms with E-state index in [-0.39, 0.29) is 30.5 Å². The fourth-order valence-electron chi connectivity index (χ4n) is 1.79. The van der Waals surface area contributed by atoms with Gasteiger partial charge in [-0.25, -0.2) is 9.97 Å². The van der Waals surface area contributed by atoms with Crippen molar-refractivity contribution in [2.24, 2.45) is 4.99 Å². The molecule has 2 N–H and O–H groups in total. The van der Waals surface area contributed by atoms with Crippen LogP contribution in [-0.2, 0) is 19.3 Å². The maximum Gasteiger partial charge on any atom is 0.434 e. The number of aryl methyl sites for hydroxylation is 1. The van der Waals surface area contributed by atoms with Gasteiger partial charge in [0, 0.05) is 37.9 Å². The Hall–Kier alpha value is -1.37. The van der Waals surface area contributed by atoms with E-state index in [1.54, 1.807) is 19.6 Å². The average Bonchev–Trinajstić information content (AvgIpc) is 3.17. The molecule has 0 spiro atoms. The molecule has 0 unspecified atom stereocenters. The number of aromatic nitrogens is 3. The van der Waals surface area contributed by atoms with Crippen LogP contribution in [-0.4, -0.2) is 34.1 Å². The number of rotatable bonds is 6. The first-order valence-electron chi connectivity index (χ1n) is 6.91. The Morgan fingerprint density at radius 1 is 1.38 bits per heavy atom. The Morgan fingerprint density at radius 3 is 2.75 bits per heavy atom. The van der Waals surface area contributed by atoms with E-state index in [4.69, 9.17) is 0 Å². The lowest BCUT2D eigenvalue weighted by Gasteiger charge is -2.11. The molecule has 0 aromatic carbocycles. The summed E-state index contributed by atoms with van der Waals surface area (Å²) in [5.74, 6) is 0.527. The lowest BCUT2D eigenvalue weighted by molar-refractivity contribution is -0.140. The van der Waals surface area contributed by atoms with Crippen molar-refractivity contribution in [3.63, 3.8) is 0 Å². The van der Waals surface area contributed by atoms with Gasteiger partial charge < -0.3 is 15.2 Å². The predicted molar refractivity (Wildman–Crippen MR) is 97.6 cm³/mol. The number of thiazole rings is 1. The lowest BCUT2D eigenvalue weighted by atomic mass is 10.4. The molecular weight excluding hydrogens is 456 g/mol. The zero-order valence-corrected chi connectivity index (χ0v) is 16.0. The summed E-state index contributed by atoms with van der Waals surface area (Å²) in [5.41, 5.74) is -0.859. The van der Waals surface area contributed by atoms with Gasteiger partial charge in [0.2, 0.25) is 0 Å². The van der Waals surface area contributed by atoms with Gasteiger partial charge in [-0.3, -0.25) is 4.99 Å². The Labute approximate surface area is 158 Å². The van der Waals surface area contributed by atoms with Crippen LogP contribution in [0.1, 0.15) is 17.1 Å². The molecule has 11 heteroatoms. The summed E-state index contributed by atoms with van der Waals surface area (Å²) in [5, 5.41) is 7.42. The first-order valence-corrected chi connectivity index (χ1v) is 7.79. The molecule has 0 amide bonds. The highest BCUT2D eigenvalue weighted by Gasteiger charge is 2.33. The van der Waals surface area contributed by atoms with Crippen molar-refractivity contribution >= 4 is 41.3 Å². The molecule has 0 radical (unpaired) electrons. The molecule has 6 nitrogen and oxygen atoms in total. The van der Waals surface area contributed by atoms with Gasteiger partial charge in [0.25, 0.3) is 0 Å². The second-order valence-electron chi connectivity index (χ2n) is 4.63. The van der Waals surface area contributed by atoms with Crippen molar-refractivity contribution in [3.8, 4) is 0 Å². The van der Waals surface area contributed by atoms with Crippen LogP contribution in [0.2, 0.25) is 0 Å². The third kappa shape index (κ3) is 6.63. The second-order valence-corrected chi connectivity index (χ2v) is 5.57. The number of hydrogen-bond acceptors (Lipinski definition) is 4. The van der Waals surface area contributed by atoms with Crippen LogP contribution in [0.5, 0.6) is 0 Å². The number of halogens is 4. The van der Waals surface area contributed by atoms with Gasteiger partial charge in [0.15, 0.2) is 11.7 Å². The van der Waals surface area contributed by atoms with Crippen LogP contribution >= 0.6 is 35.3 Å². The summed E-state index contributed by atoms with van der Waals surface area (Å²) >= 11 is 0.969. The number of nitrogens with zero attached hydrogens (tertiary/aromatic N) is 4. The molecule has 0 atom stereocenters. The molecule has 0 bridgehead atoms. The normalized spacial score (nSPS) is 11.9. The quantitative estimate of drug-likeness (QED) is 0.293. The molecule has 24 heavy (non-hydrogen) atoms. The molecule has 0 saturated carbocycles. The van der Waals surface area contributed by atoms with Crippen molar-refractivity contribution in [2.75, 3.05) is 13.6 Å². The van der Waals surface area contributed by atoms with Crippen molar-refractivity contribution in [1.82, 2.24) is 25.2 Å². The van der Waals surface area contributed by atoms with E-state index in [9.17, 15) is 13.2 Å². The first kappa shape index (κ1) is 20.7. The van der Waals surface area contributed by atoms with Crippen LogP contribution < -0.4 is 10.6 Å². The highest BCUT2D eigenvalue weighted by Crippen LogP contribution is 2.29. The predicted octanol–water partition coefficient (Wildman–Crippen LogP) is 2.73. The van der Waals surface area contributed by atoms with E-state index in [1.807, 2.05) is 10.8 Å². The molecule has 0 aliphatic rings. The Kier molecular flexibility index (Phi) is 8.45. The number of hydrogen-bond donors (Lipinski definition) is 2. The van der Waals surface area contributed by atoms with Gasteiger partial charge in [-0.15, -0.1) is 35.3 Å². The standard InChI is InChI=1S/C13H17F3N6S.HI/c1-17-12(19-3-2-5-22-6-4-18-9-22)20-7-11-21-10(8-23-11)13(14,15)16;/h4,6,8-9H,2-3,5,7H2,1H3,(H2,17,19,20);1H. The smallest absolute Gasteiger partial charge is 0.356 e. The van der Waals surface area contributed by atoms with Crippen LogP contribution in [0.25, 0.3) is 0 Å². The molecule has 2 rings (SSSR count). The largest absolute Gasteiger partial charge is 0.434 e. The van der Waals surface area contributed by atoms with Crippen LogP contribution in [0.15, 0.2) is 29.1 Å². The van der Waals surface area contributed by atoms with E-state index in [2.05, 4.69) is 25.6 Å². The van der Waals surface area contributed by atoms with Gasteiger partial charge >= 0.3 is 6.18 Å². The first-order chi connectivity index (χ1) is 11.0. The summed E-state index contributed by atoms with van der Waals surface area (Å²) in [7, 11) is 1.61. The summed E-state index contributed by atoms with van der Waals surface area (Å²) in [6.07, 6.45) is 1.81. The highest BCUT2D eigenvalue weighted by atomic mass is 127. The minimum atomic E-state index is -4.40. The molecule has 2 aromatic rings. The van der Waals surface area contributed by atoms with Crippen LogP contribution in [0.4, 0.5) is 13.2 Å². The zero-order valence-electron chi connectivity index (χ0n) is 12.9. The maximum absolute atomic E-state index is 12.5. The summed E-state index contributed by atoms with van der Waals surface area (Å²) in [4.78, 5) is 11.5. The summed E-state index contributed by atoms with van der Waals surface area (Å²) < 4.78 is 39.4. The second kappa shape index (κ2) is 9.81. The molecule has 134 valence electrons. The lowest BCUT2D eigenvalue weighted by Crippen LogP contribution is -2.37. The minimum absolute atomic E-state index is 0. The van der Waals surface area contributed by atoms with Gasteiger partial charge in [0.1, 0.15) is 5.01 Å². The van der Waals surface area contributed by atoms with E-state index < -0.39 is 11.9 Å². The molecule has 2 heterocycles. The van der Waals surface area contributed by atoms with E-state index in [0.717, 1.165) is 29.7 Å². The maximum atomic E-state index is 12.5. The number of nitrogens with one attached hydrogen (secondary N) is 2. The van der Waals surface area contributed by atoms with Gasteiger partial charge in [-0.2, -0.15) is 13.2 Å². The fourth-order valence-corrected chi connectivity index (χ4v) is 2.53. The Morgan fingerprint density at radius 2 is 2.17 bits per heavy atom. The molecule has 0 saturated heterocycles. The highest BCUT2D eigenvalue weighted by molar-refractivity contribution is 14.0. The minimum Gasteiger partial charge on any atom is -0.356 e. The SMILES string of the molecule is CN=C(NCCCn1ccnc1)NCc1nc(C(F)(F)F)cs1.I. The molecule has 2 aromatic heterocycles. The van der Waals surface area contributed by atoms with Crippen molar-refractivity contribution < 1.29 is 13.2 Å². The van der Waals surface area contributed by atoms with Crippen molar-refractivity contribution in [2.45, 2.75) is 25.7 Å². The molecule has 0 aliphatic heterocycles. The van der Waals surface area contributed by atoms with E-state index in [1.165, 1.54) is 0 Å². The van der Waals surface area contributed by atoms with E-state index >= 15 is 0 Å². The van der Waals surface area contributed by atoms with Gasteiger partial charge in [-0.1, -0.05) is 0 Å². The number of imidazole rings is 1. The molecule has 0 fully saturated rings. The Balaban J connectivity index is 0.00000288. The number of guanidine groups is 1. The van der Waals surface area contributed by atoms with E-state index in [0.29, 0.717) is 17.5 Å². The van der Waals surface area contributed by atoms with Crippen molar-refractivity contribution in [3.05, 3.63) is 34.8 Å². The summed E-state index contributed by atoms with van der Waals surface area (Å²) in [6.45, 7) is 1.71. The number of aliphatic imine (C=N–C) groups is 1. The third-order valence-electron chi connectivity index (χ3n) is 2.92. The molecular formula is C13H18F3IN6S. The third-order valence-corrected chi connectivity index (χ3v) is 3.77. The fraction of sp³-hybridized carbons (Fsp3) is 0.462. The molecule has 0 aliphatic carbocycles. The number of alkyl halides is 3. The van der Waals surface area contributed by atoms with Gasteiger partial charge in [-0.05, 0) is 6.42 Å². The monoisotopic (exact) mass is 474 g/mol. The Bertz CT molecular complexity index is 626.